The second-order valence-electron chi connectivity index (χ2n) is 13.8. The molecule has 0 heterocycles. The van der Waals surface area contributed by atoms with Crippen LogP contribution in [0.2, 0.25) is 0 Å². The third-order valence-electron chi connectivity index (χ3n) is 8.86. The van der Waals surface area contributed by atoms with Crippen LogP contribution in [-0.4, -0.2) is 43.3 Å². The van der Waals surface area contributed by atoms with Crippen molar-refractivity contribution in [3.05, 3.63) is 36.5 Å². The highest BCUT2D eigenvalue weighted by Crippen LogP contribution is 2.42. The van der Waals surface area contributed by atoms with E-state index in [0.29, 0.717) is 6.42 Å². The van der Waals surface area contributed by atoms with Crippen molar-refractivity contribution in [2.75, 3.05) is 20.3 Å². The molecule has 0 aliphatic rings. The van der Waals surface area contributed by atoms with Gasteiger partial charge in [-0.25, -0.2) is 4.57 Å². The minimum atomic E-state index is -4.26. The molecule has 0 spiro atoms. The fourth-order valence-electron chi connectivity index (χ4n) is 5.61. The van der Waals surface area contributed by atoms with Crippen molar-refractivity contribution in [3.8, 4) is 0 Å². The van der Waals surface area contributed by atoms with Crippen LogP contribution in [0.5, 0.6) is 0 Å². The van der Waals surface area contributed by atoms with Gasteiger partial charge in [-0.1, -0.05) is 153 Å². The summed E-state index contributed by atoms with van der Waals surface area (Å²) in [7, 11) is -3.20. The van der Waals surface area contributed by atoms with Gasteiger partial charge in [-0.2, -0.15) is 0 Å². The molecule has 0 bridgehead atoms. The maximum Gasteiger partial charge on any atom is 0.472 e. The van der Waals surface area contributed by atoms with Crippen molar-refractivity contribution in [1.82, 2.24) is 0 Å². The van der Waals surface area contributed by atoms with Crippen LogP contribution in [0.15, 0.2) is 36.5 Å². The molecule has 2 atom stereocenters. The van der Waals surface area contributed by atoms with Gasteiger partial charge in [0.15, 0.2) is 6.10 Å². The van der Waals surface area contributed by atoms with Gasteiger partial charge in [-0.15, -0.1) is 0 Å². The Morgan fingerprint density at radius 3 is 1.45 bits per heavy atom. The number of hydrogen-bond donors (Lipinski definition) is 1. The summed E-state index contributed by atoms with van der Waals surface area (Å²) in [6.45, 7) is 3.82. The number of phosphoric acid groups is 1. The van der Waals surface area contributed by atoms with E-state index < -0.39 is 26.5 Å². The van der Waals surface area contributed by atoms with E-state index >= 15 is 0 Å². The lowest BCUT2D eigenvalue weighted by Gasteiger charge is -2.19. The highest BCUT2D eigenvalue weighted by molar-refractivity contribution is 7.47. The average molecular weight is 741 g/mol. The number of ether oxygens (including phenoxy) is 2. The lowest BCUT2D eigenvalue weighted by molar-refractivity contribution is -0.161. The number of carbonyl (C=O) groups is 2. The van der Waals surface area contributed by atoms with Crippen LogP contribution in [0.1, 0.15) is 194 Å². The standard InChI is InChI=1S/C42H77O8P/c1-4-6-8-10-12-14-16-17-18-19-20-21-22-23-24-25-27-29-31-33-35-37-42(44)50-40(39-49-51(45,46)47-3)38-48-41(43)36-34-32-30-28-26-15-13-11-9-7-5-2/h11,13,16-17,19-20,40H,4-10,12,14-15,18,21-39H2,1-3H3,(H,45,46)/b13-11-,17-16-,20-19-. The summed E-state index contributed by atoms with van der Waals surface area (Å²) in [5.74, 6) is -0.819. The second-order valence-corrected chi connectivity index (χ2v) is 15.3. The molecular weight excluding hydrogens is 663 g/mol. The summed E-state index contributed by atoms with van der Waals surface area (Å²) in [6.07, 6.45) is 43.4. The maximum atomic E-state index is 12.5. The Bertz CT molecular complexity index is 932. The maximum absolute atomic E-state index is 12.5. The molecule has 0 fully saturated rings. The Morgan fingerprint density at radius 1 is 0.549 bits per heavy atom. The van der Waals surface area contributed by atoms with Crippen LogP contribution in [0.4, 0.5) is 0 Å². The molecule has 298 valence electrons. The first kappa shape index (κ1) is 49.3. The van der Waals surface area contributed by atoms with E-state index in [1.807, 2.05) is 0 Å². The fraction of sp³-hybridized carbons (Fsp3) is 0.810. The van der Waals surface area contributed by atoms with E-state index in [4.69, 9.17) is 14.0 Å². The first-order chi connectivity index (χ1) is 24.8. The predicted molar refractivity (Wildman–Crippen MR) is 212 cm³/mol. The Balaban J connectivity index is 3.98. The van der Waals surface area contributed by atoms with Gasteiger partial charge in [0.1, 0.15) is 6.61 Å². The zero-order valence-electron chi connectivity index (χ0n) is 33.0. The molecule has 1 N–H and O–H groups in total. The summed E-state index contributed by atoms with van der Waals surface area (Å²) >= 11 is 0. The molecule has 0 aliphatic heterocycles. The quantitative estimate of drug-likeness (QED) is 0.0288. The van der Waals surface area contributed by atoms with Crippen molar-refractivity contribution >= 4 is 19.8 Å². The van der Waals surface area contributed by atoms with Gasteiger partial charge in [0.2, 0.25) is 0 Å². The molecule has 0 rings (SSSR count). The number of phosphoric ester groups is 1. The third kappa shape index (κ3) is 37.8. The van der Waals surface area contributed by atoms with Crippen LogP contribution in [0.25, 0.3) is 0 Å². The summed E-state index contributed by atoms with van der Waals surface area (Å²) in [4.78, 5) is 34.4. The molecule has 0 aliphatic carbocycles. The van der Waals surface area contributed by atoms with E-state index in [1.165, 1.54) is 89.9 Å². The number of hydrogen-bond acceptors (Lipinski definition) is 7. The van der Waals surface area contributed by atoms with Gasteiger partial charge >= 0.3 is 19.8 Å². The molecule has 0 aromatic rings. The molecule has 0 saturated carbocycles. The van der Waals surface area contributed by atoms with Crippen LogP contribution >= 0.6 is 7.82 Å². The normalized spacial score (nSPS) is 13.7. The molecule has 51 heavy (non-hydrogen) atoms. The van der Waals surface area contributed by atoms with Crippen molar-refractivity contribution in [2.45, 2.75) is 200 Å². The molecule has 2 unspecified atom stereocenters. The molecule has 0 saturated heterocycles. The summed E-state index contributed by atoms with van der Waals surface area (Å²) < 4.78 is 31.9. The van der Waals surface area contributed by atoms with Crippen LogP contribution < -0.4 is 0 Å². The zero-order valence-corrected chi connectivity index (χ0v) is 33.9. The van der Waals surface area contributed by atoms with Gasteiger partial charge in [0.25, 0.3) is 0 Å². The van der Waals surface area contributed by atoms with E-state index in [1.54, 1.807) is 0 Å². The molecular formula is C42H77O8P. The van der Waals surface area contributed by atoms with Crippen molar-refractivity contribution in [1.29, 1.82) is 0 Å². The SMILES string of the molecule is CCCC/C=C\CCCCCCCC(=O)OCC(COP(=O)(O)OC)OC(=O)CCCCCCCCCCC/C=C\C/C=C\CCCCCCC. The predicted octanol–water partition coefficient (Wildman–Crippen LogP) is 12.8. The highest BCUT2D eigenvalue weighted by atomic mass is 31.2. The summed E-state index contributed by atoms with van der Waals surface area (Å²) in [5.41, 5.74) is 0. The largest absolute Gasteiger partial charge is 0.472 e. The first-order valence-electron chi connectivity index (χ1n) is 20.7. The lowest BCUT2D eigenvalue weighted by Crippen LogP contribution is -2.29. The van der Waals surface area contributed by atoms with Crippen molar-refractivity contribution < 1.29 is 37.6 Å². The molecule has 8 nitrogen and oxygen atoms in total. The summed E-state index contributed by atoms with van der Waals surface area (Å²) in [5, 5.41) is 0. The van der Waals surface area contributed by atoms with Crippen LogP contribution in [-0.2, 0) is 32.7 Å². The third-order valence-corrected chi connectivity index (χ3v) is 9.79. The smallest absolute Gasteiger partial charge is 0.462 e. The van der Waals surface area contributed by atoms with E-state index in [2.05, 4.69) is 54.8 Å². The van der Waals surface area contributed by atoms with Crippen molar-refractivity contribution in [3.63, 3.8) is 0 Å². The van der Waals surface area contributed by atoms with E-state index in [9.17, 15) is 19.0 Å². The van der Waals surface area contributed by atoms with Gasteiger partial charge in [-0.3, -0.25) is 18.6 Å². The average Bonchev–Trinajstić information content (AvgIpc) is 3.12. The molecule has 0 radical (unpaired) electrons. The first-order valence-corrected chi connectivity index (χ1v) is 22.2. The molecule has 0 amide bonds. The lowest BCUT2D eigenvalue weighted by atomic mass is 10.1. The zero-order chi connectivity index (χ0) is 37.5. The summed E-state index contributed by atoms with van der Waals surface area (Å²) in [6, 6.07) is 0. The Morgan fingerprint density at radius 2 is 0.961 bits per heavy atom. The Hall–Kier alpha value is -1.73. The molecule has 0 aromatic carbocycles. The number of unbranched alkanes of at least 4 members (excludes halogenated alkanes) is 21. The second kappa shape index (κ2) is 38.0. The van der Waals surface area contributed by atoms with Crippen LogP contribution in [0.3, 0.4) is 0 Å². The van der Waals surface area contributed by atoms with Crippen molar-refractivity contribution in [2.24, 2.45) is 0 Å². The number of carbonyl (C=O) groups excluding carboxylic acids is 2. The van der Waals surface area contributed by atoms with Gasteiger partial charge in [-0.05, 0) is 64.2 Å². The van der Waals surface area contributed by atoms with Gasteiger partial charge in [0, 0.05) is 20.0 Å². The van der Waals surface area contributed by atoms with E-state index in [-0.39, 0.29) is 25.4 Å². The highest BCUT2D eigenvalue weighted by Gasteiger charge is 2.24. The van der Waals surface area contributed by atoms with E-state index in [0.717, 1.165) is 77.7 Å². The number of esters is 2. The topological polar surface area (TPSA) is 108 Å². The van der Waals surface area contributed by atoms with Gasteiger partial charge < -0.3 is 14.4 Å². The van der Waals surface area contributed by atoms with Crippen LogP contribution in [0, 0.1) is 0 Å². The Labute approximate surface area is 313 Å². The molecule has 0 aromatic heterocycles. The molecule has 9 heteroatoms. The minimum Gasteiger partial charge on any atom is -0.462 e. The monoisotopic (exact) mass is 741 g/mol. The Kier molecular flexibility index (Phi) is 36.7. The number of rotatable bonds is 38. The minimum absolute atomic E-state index is 0.231. The fourth-order valence-corrected chi connectivity index (χ4v) is 6.07. The van der Waals surface area contributed by atoms with Gasteiger partial charge in [0.05, 0.1) is 6.61 Å². The number of allylic oxidation sites excluding steroid dienone is 6.